The summed E-state index contributed by atoms with van der Waals surface area (Å²) in [6.45, 7) is 4.89. The lowest BCUT2D eigenvalue weighted by Crippen LogP contribution is -2.37. The van der Waals surface area contributed by atoms with Crippen LogP contribution in [-0.2, 0) is 0 Å². The fourth-order valence-corrected chi connectivity index (χ4v) is 2.77. The zero-order valence-corrected chi connectivity index (χ0v) is 9.62. The van der Waals surface area contributed by atoms with Crippen molar-refractivity contribution in [1.29, 1.82) is 0 Å². The van der Waals surface area contributed by atoms with Gasteiger partial charge in [-0.2, -0.15) is 0 Å². The minimum absolute atomic E-state index is 0.0863. The van der Waals surface area contributed by atoms with Crippen molar-refractivity contribution in [2.24, 2.45) is 0 Å². The van der Waals surface area contributed by atoms with Gasteiger partial charge in [0.25, 0.3) is 0 Å². The normalized spacial score (nSPS) is 32.6. The molecule has 0 aromatic carbocycles. The highest BCUT2D eigenvalue weighted by atomic mass is 16.3. The smallest absolute Gasteiger partial charge is 0.0693 e. The van der Waals surface area contributed by atoms with Gasteiger partial charge in [0, 0.05) is 6.04 Å². The third-order valence-corrected chi connectivity index (χ3v) is 3.74. The Labute approximate surface area is 92.8 Å². The molecule has 88 valence electrons. The molecular weight excluding hydrogens is 188 g/mol. The molecule has 2 fully saturated rings. The maximum Gasteiger partial charge on any atom is 0.0693 e. The number of aliphatic hydroxyl groups is 1. The van der Waals surface area contributed by atoms with E-state index < -0.39 is 0 Å². The van der Waals surface area contributed by atoms with E-state index in [1.54, 1.807) is 0 Å². The third kappa shape index (κ3) is 3.44. The van der Waals surface area contributed by atoms with Gasteiger partial charge in [0.15, 0.2) is 0 Å². The van der Waals surface area contributed by atoms with Gasteiger partial charge in [-0.25, -0.2) is 0 Å². The second-order valence-corrected chi connectivity index (χ2v) is 4.96. The molecule has 3 heteroatoms. The van der Waals surface area contributed by atoms with Crippen LogP contribution in [-0.4, -0.2) is 48.3 Å². The van der Waals surface area contributed by atoms with Gasteiger partial charge < -0.3 is 15.3 Å². The highest BCUT2D eigenvalue weighted by molar-refractivity contribution is 4.82. The Morgan fingerprint density at radius 3 is 2.60 bits per heavy atom. The SMILES string of the molecule is O[C@H]1CCC[C@@H]1NCCCN1CCCC1. The monoisotopic (exact) mass is 212 g/mol. The van der Waals surface area contributed by atoms with Gasteiger partial charge in [-0.1, -0.05) is 0 Å². The summed E-state index contributed by atoms with van der Waals surface area (Å²) in [5.41, 5.74) is 0. The Bertz CT molecular complexity index is 180. The van der Waals surface area contributed by atoms with E-state index in [0.29, 0.717) is 6.04 Å². The maximum absolute atomic E-state index is 9.63. The summed E-state index contributed by atoms with van der Waals surface area (Å²) in [5.74, 6) is 0. The van der Waals surface area contributed by atoms with E-state index in [2.05, 4.69) is 10.2 Å². The summed E-state index contributed by atoms with van der Waals surface area (Å²) >= 11 is 0. The fraction of sp³-hybridized carbons (Fsp3) is 1.00. The minimum Gasteiger partial charge on any atom is -0.392 e. The summed E-state index contributed by atoms with van der Waals surface area (Å²) in [7, 11) is 0. The van der Waals surface area contributed by atoms with E-state index in [1.165, 1.54) is 45.3 Å². The molecule has 1 saturated heterocycles. The van der Waals surface area contributed by atoms with Crippen LogP contribution in [0.15, 0.2) is 0 Å². The van der Waals surface area contributed by atoms with Crippen molar-refractivity contribution in [2.75, 3.05) is 26.2 Å². The van der Waals surface area contributed by atoms with Crippen LogP contribution in [0.2, 0.25) is 0 Å². The summed E-state index contributed by atoms with van der Waals surface area (Å²) in [5, 5.41) is 13.1. The molecule has 0 aromatic heterocycles. The first kappa shape index (κ1) is 11.4. The van der Waals surface area contributed by atoms with Crippen LogP contribution in [0.3, 0.4) is 0 Å². The zero-order chi connectivity index (χ0) is 10.5. The predicted octanol–water partition coefficient (Wildman–Crippen LogP) is 0.975. The van der Waals surface area contributed by atoms with Crippen LogP contribution in [0, 0.1) is 0 Å². The molecule has 3 nitrogen and oxygen atoms in total. The van der Waals surface area contributed by atoms with Crippen LogP contribution < -0.4 is 5.32 Å². The van der Waals surface area contributed by atoms with Crippen LogP contribution in [0.25, 0.3) is 0 Å². The summed E-state index contributed by atoms with van der Waals surface area (Å²) in [6, 6.07) is 0.378. The first-order valence-electron chi connectivity index (χ1n) is 6.50. The molecule has 2 N–H and O–H groups in total. The predicted molar refractivity (Wildman–Crippen MR) is 61.9 cm³/mol. The molecule has 2 aliphatic rings. The molecule has 1 heterocycles. The fourth-order valence-electron chi connectivity index (χ4n) is 2.77. The Balaban J connectivity index is 1.51. The van der Waals surface area contributed by atoms with Gasteiger partial charge in [0.2, 0.25) is 0 Å². The summed E-state index contributed by atoms with van der Waals surface area (Å²) < 4.78 is 0. The topological polar surface area (TPSA) is 35.5 Å². The van der Waals surface area contributed by atoms with Crippen LogP contribution >= 0.6 is 0 Å². The number of hydrogen-bond donors (Lipinski definition) is 2. The molecule has 1 saturated carbocycles. The van der Waals surface area contributed by atoms with Gasteiger partial charge in [0.05, 0.1) is 6.10 Å². The highest BCUT2D eigenvalue weighted by Crippen LogP contribution is 2.18. The molecule has 0 amide bonds. The van der Waals surface area contributed by atoms with Crippen molar-refractivity contribution in [1.82, 2.24) is 10.2 Å². The van der Waals surface area contributed by atoms with E-state index in [9.17, 15) is 5.11 Å². The number of hydrogen-bond acceptors (Lipinski definition) is 3. The standard InChI is InChI=1S/C12H24N2O/c15-12-6-3-5-11(12)13-7-4-10-14-8-1-2-9-14/h11-13,15H,1-10H2/t11-,12-/m0/s1. The molecule has 0 unspecified atom stereocenters. The maximum atomic E-state index is 9.63. The Morgan fingerprint density at radius 1 is 1.13 bits per heavy atom. The molecule has 0 bridgehead atoms. The van der Waals surface area contributed by atoms with E-state index in [1.807, 2.05) is 0 Å². The van der Waals surface area contributed by atoms with Crippen LogP contribution in [0.5, 0.6) is 0 Å². The molecular formula is C12H24N2O. The second-order valence-electron chi connectivity index (χ2n) is 4.96. The van der Waals surface area contributed by atoms with E-state index >= 15 is 0 Å². The lowest BCUT2D eigenvalue weighted by atomic mass is 10.2. The van der Waals surface area contributed by atoms with Gasteiger partial charge in [-0.3, -0.25) is 0 Å². The molecule has 1 aliphatic carbocycles. The Kier molecular flexibility index (Phi) is 4.42. The number of nitrogens with zero attached hydrogens (tertiary/aromatic N) is 1. The molecule has 0 aromatic rings. The van der Waals surface area contributed by atoms with E-state index in [0.717, 1.165) is 19.4 Å². The summed E-state index contributed by atoms with van der Waals surface area (Å²) in [4.78, 5) is 2.55. The molecule has 2 atom stereocenters. The van der Waals surface area contributed by atoms with Crippen molar-refractivity contribution in [3.8, 4) is 0 Å². The molecule has 2 rings (SSSR count). The Morgan fingerprint density at radius 2 is 1.93 bits per heavy atom. The van der Waals surface area contributed by atoms with Crippen molar-refractivity contribution < 1.29 is 5.11 Å². The van der Waals surface area contributed by atoms with Crippen LogP contribution in [0.1, 0.15) is 38.5 Å². The first-order valence-corrected chi connectivity index (χ1v) is 6.50. The van der Waals surface area contributed by atoms with Crippen molar-refractivity contribution in [3.05, 3.63) is 0 Å². The quantitative estimate of drug-likeness (QED) is 0.667. The minimum atomic E-state index is -0.0863. The van der Waals surface area contributed by atoms with Gasteiger partial charge in [0.1, 0.15) is 0 Å². The second kappa shape index (κ2) is 5.83. The summed E-state index contributed by atoms with van der Waals surface area (Å²) in [6.07, 6.45) is 7.24. The van der Waals surface area contributed by atoms with Gasteiger partial charge >= 0.3 is 0 Å². The van der Waals surface area contributed by atoms with Crippen molar-refractivity contribution in [3.63, 3.8) is 0 Å². The van der Waals surface area contributed by atoms with Crippen molar-refractivity contribution in [2.45, 2.75) is 50.7 Å². The molecule has 1 aliphatic heterocycles. The number of nitrogens with one attached hydrogen (secondary N) is 1. The molecule has 0 spiro atoms. The molecule has 0 radical (unpaired) electrons. The van der Waals surface area contributed by atoms with E-state index in [4.69, 9.17) is 0 Å². The van der Waals surface area contributed by atoms with E-state index in [-0.39, 0.29) is 6.10 Å². The highest BCUT2D eigenvalue weighted by Gasteiger charge is 2.24. The Hall–Kier alpha value is -0.120. The average molecular weight is 212 g/mol. The lowest BCUT2D eigenvalue weighted by molar-refractivity contribution is 0.148. The van der Waals surface area contributed by atoms with Crippen LogP contribution in [0.4, 0.5) is 0 Å². The number of aliphatic hydroxyl groups excluding tert-OH is 1. The largest absolute Gasteiger partial charge is 0.392 e. The van der Waals surface area contributed by atoms with Crippen molar-refractivity contribution >= 4 is 0 Å². The lowest BCUT2D eigenvalue weighted by Gasteiger charge is -2.18. The molecule has 15 heavy (non-hydrogen) atoms. The van der Waals surface area contributed by atoms with Gasteiger partial charge in [-0.05, 0) is 64.7 Å². The first-order chi connectivity index (χ1) is 7.36. The average Bonchev–Trinajstić information content (AvgIpc) is 2.85. The number of rotatable bonds is 5. The third-order valence-electron chi connectivity index (χ3n) is 3.74. The zero-order valence-electron chi connectivity index (χ0n) is 9.62. The number of likely N-dealkylation sites (tertiary alicyclic amines) is 1. The van der Waals surface area contributed by atoms with Gasteiger partial charge in [-0.15, -0.1) is 0 Å².